The van der Waals surface area contributed by atoms with Crippen molar-refractivity contribution in [2.75, 3.05) is 18.0 Å². The summed E-state index contributed by atoms with van der Waals surface area (Å²) in [4.78, 5) is 47.1. The van der Waals surface area contributed by atoms with Gasteiger partial charge in [0, 0.05) is 24.4 Å². The SMILES string of the molecule is C=CCN(C(=O)CCN1C(=O)C2CCCCC2C1=O)c1nc2c(s1)CCCC2. The maximum Gasteiger partial charge on any atom is 0.233 e. The van der Waals surface area contributed by atoms with Gasteiger partial charge in [-0.25, -0.2) is 4.98 Å². The van der Waals surface area contributed by atoms with Crippen molar-refractivity contribution < 1.29 is 14.4 Å². The van der Waals surface area contributed by atoms with Gasteiger partial charge in [-0.2, -0.15) is 0 Å². The van der Waals surface area contributed by atoms with Crippen molar-refractivity contribution in [3.8, 4) is 0 Å². The Bertz CT molecular complexity index is 755. The molecule has 3 aliphatic rings. The van der Waals surface area contributed by atoms with E-state index in [1.54, 1.807) is 22.3 Å². The van der Waals surface area contributed by atoms with Gasteiger partial charge in [-0.3, -0.25) is 24.2 Å². The number of rotatable bonds is 6. The minimum Gasteiger partial charge on any atom is -0.284 e. The van der Waals surface area contributed by atoms with Crippen molar-refractivity contribution in [3.05, 3.63) is 23.2 Å². The number of amides is 3. The van der Waals surface area contributed by atoms with E-state index in [2.05, 4.69) is 11.6 Å². The molecule has 1 saturated heterocycles. The Hall–Kier alpha value is -2.02. The number of aromatic nitrogens is 1. The standard InChI is InChI=1S/C21H27N3O3S/c1-2-12-23(21-22-16-9-5-6-10-17(16)28-21)18(25)11-13-24-19(26)14-7-3-4-8-15(14)20(24)27/h2,14-15H,1,3-13H2. The van der Waals surface area contributed by atoms with Crippen LogP contribution in [-0.4, -0.2) is 40.7 Å². The first kappa shape index (κ1) is 19.3. The second-order valence-corrected chi connectivity index (χ2v) is 9.00. The van der Waals surface area contributed by atoms with Gasteiger partial charge in [-0.05, 0) is 38.5 Å². The largest absolute Gasteiger partial charge is 0.284 e. The molecule has 2 heterocycles. The first-order valence-corrected chi connectivity index (χ1v) is 11.2. The Balaban J connectivity index is 1.43. The predicted molar refractivity (Wildman–Crippen MR) is 108 cm³/mol. The summed E-state index contributed by atoms with van der Waals surface area (Å²) in [6.07, 6.45) is 9.76. The molecule has 0 bridgehead atoms. The van der Waals surface area contributed by atoms with Gasteiger partial charge in [0.15, 0.2) is 5.13 Å². The quantitative estimate of drug-likeness (QED) is 0.542. The molecule has 1 saturated carbocycles. The van der Waals surface area contributed by atoms with Crippen LogP contribution in [0.25, 0.3) is 0 Å². The fourth-order valence-electron chi connectivity index (χ4n) is 4.66. The molecule has 1 aliphatic heterocycles. The summed E-state index contributed by atoms with van der Waals surface area (Å²) in [6.45, 7) is 4.32. The number of carbonyl (C=O) groups excluding carboxylic acids is 3. The van der Waals surface area contributed by atoms with Gasteiger partial charge in [0.05, 0.1) is 17.5 Å². The molecule has 2 aliphatic carbocycles. The van der Waals surface area contributed by atoms with Crippen LogP contribution in [-0.2, 0) is 27.2 Å². The zero-order chi connectivity index (χ0) is 19.7. The van der Waals surface area contributed by atoms with E-state index in [-0.39, 0.29) is 42.5 Å². The number of fused-ring (bicyclic) bond motifs is 2. The molecule has 1 aromatic rings. The molecule has 3 amide bonds. The van der Waals surface area contributed by atoms with Crippen LogP contribution in [0.2, 0.25) is 0 Å². The molecule has 0 N–H and O–H groups in total. The Labute approximate surface area is 169 Å². The average molecular weight is 402 g/mol. The zero-order valence-electron chi connectivity index (χ0n) is 16.2. The van der Waals surface area contributed by atoms with Crippen LogP contribution >= 0.6 is 11.3 Å². The highest BCUT2D eigenvalue weighted by atomic mass is 32.1. The molecular weight excluding hydrogens is 374 g/mol. The van der Waals surface area contributed by atoms with Crippen LogP contribution in [0.4, 0.5) is 5.13 Å². The fraction of sp³-hybridized carbons (Fsp3) is 0.619. The second kappa shape index (κ2) is 8.15. The number of thiazole rings is 1. The van der Waals surface area contributed by atoms with Crippen LogP contribution in [0.1, 0.15) is 55.5 Å². The molecule has 1 aromatic heterocycles. The molecular formula is C21H27N3O3S. The molecule has 0 aromatic carbocycles. The third-order valence-electron chi connectivity index (χ3n) is 6.16. The van der Waals surface area contributed by atoms with E-state index < -0.39 is 0 Å². The normalized spacial score (nSPS) is 24.1. The molecule has 2 unspecified atom stereocenters. The monoisotopic (exact) mass is 401 g/mol. The van der Waals surface area contributed by atoms with Crippen molar-refractivity contribution in [2.45, 2.75) is 57.8 Å². The number of carbonyl (C=O) groups is 3. The Morgan fingerprint density at radius 1 is 1.14 bits per heavy atom. The smallest absolute Gasteiger partial charge is 0.233 e. The van der Waals surface area contributed by atoms with Gasteiger partial charge in [0.2, 0.25) is 17.7 Å². The molecule has 150 valence electrons. The van der Waals surface area contributed by atoms with E-state index in [4.69, 9.17) is 0 Å². The number of hydrogen-bond donors (Lipinski definition) is 0. The van der Waals surface area contributed by atoms with Crippen molar-refractivity contribution in [2.24, 2.45) is 11.8 Å². The summed E-state index contributed by atoms with van der Waals surface area (Å²) >= 11 is 1.59. The molecule has 0 spiro atoms. The lowest BCUT2D eigenvalue weighted by Gasteiger charge is -2.20. The van der Waals surface area contributed by atoms with Crippen molar-refractivity contribution in [1.29, 1.82) is 0 Å². The third kappa shape index (κ3) is 3.52. The van der Waals surface area contributed by atoms with Crippen LogP contribution in [0.15, 0.2) is 12.7 Å². The molecule has 28 heavy (non-hydrogen) atoms. The lowest BCUT2D eigenvalue weighted by Crippen LogP contribution is -2.37. The summed E-state index contributed by atoms with van der Waals surface area (Å²) in [5.41, 5.74) is 1.11. The maximum absolute atomic E-state index is 12.9. The topological polar surface area (TPSA) is 70.6 Å². The van der Waals surface area contributed by atoms with E-state index in [9.17, 15) is 14.4 Å². The number of imide groups is 1. The molecule has 6 nitrogen and oxygen atoms in total. The van der Waals surface area contributed by atoms with Gasteiger partial charge < -0.3 is 0 Å². The van der Waals surface area contributed by atoms with Gasteiger partial charge in [-0.1, -0.05) is 18.9 Å². The molecule has 4 rings (SSSR count). The summed E-state index contributed by atoms with van der Waals surface area (Å²) < 4.78 is 0. The van der Waals surface area contributed by atoms with Gasteiger partial charge in [0.1, 0.15) is 0 Å². The fourth-order valence-corrected chi connectivity index (χ4v) is 5.84. The molecule has 0 radical (unpaired) electrons. The lowest BCUT2D eigenvalue weighted by atomic mass is 9.81. The van der Waals surface area contributed by atoms with Crippen LogP contribution in [0.5, 0.6) is 0 Å². The number of nitrogens with zero attached hydrogens (tertiary/aromatic N) is 3. The summed E-state index contributed by atoms with van der Waals surface area (Å²) in [5, 5.41) is 0.713. The number of aryl methyl sites for hydroxylation is 2. The van der Waals surface area contributed by atoms with Crippen molar-refractivity contribution in [1.82, 2.24) is 9.88 Å². The average Bonchev–Trinajstić information content (AvgIpc) is 3.24. The van der Waals surface area contributed by atoms with Crippen LogP contribution in [0.3, 0.4) is 0 Å². The van der Waals surface area contributed by atoms with E-state index in [0.717, 1.165) is 50.6 Å². The number of hydrogen-bond acceptors (Lipinski definition) is 5. The zero-order valence-corrected chi connectivity index (χ0v) is 17.0. The Morgan fingerprint density at radius 2 is 1.82 bits per heavy atom. The van der Waals surface area contributed by atoms with Crippen LogP contribution in [0, 0.1) is 11.8 Å². The van der Waals surface area contributed by atoms with Crippen LogP contribution < -0.4 is 4.90 Å². The summed E-state index contributed by atoms with van der Waals surface area (Å²) in [7, 11) is 0. The van der Waals surface area contributed by atoms with Gasteiger partial charge in [-0.15, -0.1) is 17.9 Å². The minimum atomic E-state index is -0.161. The molecule has 2 fully saturated rings. The minimum absolute atomic E-state index is 0.0810. The maximum atomic E-state index is 12.9. The van der Waals surface area contributed by atoms with Gasteiger partial charge >= 0.3 is 0 Å². The van der Waals surface area contributed by atoms with E-state index in [1.807, 2.05) is 0 Å². The summed E-state index contributed by atoms with van der Waals surface area (Å²) in [6, 6.07) is 0. The highest BCUT2D eigenvalue weighted by Crippen LogP contribution is 2.38. The summed E-state index contributed by atoms with van der Waals surface area (Å²) in [5.74, 6) is -0.593. The van der Waals surface area contributed by atoms with Gasteiger partial charge in [0.25, 0.3) is 0 Å². The van der Waals surface area contributed by atoms with Crippen molar-refractivity contribution in [3.63, 3.8) is 0 Å². The Kier molecular flexibility index (Phi) is 5.62. The van der Waals surface area contributed by atoms with Crippen molar-refractivity contribution >= 4 is 34.2 Å². The lowest BCUT2D eigenvalue weighted by molar-refractivity contribution is -0.140. The Morgan fingerprint density at radius 3 is 2.46 bits per heavy atom. The number of anilines is 1. The highest BCUT2D eigenvalue weighted by molar-refractivity contribution is 7.16. The third-order valence-corrected chi connectivity index (χ3v) is 7.34. The van der Waals surface area contributed by atoms with E-state index >= 15 is 0 Å². The first-order chi connectivity index (χ1) is 13.6. The van der Waals surface area contributed by atoms with E-state index in [1.165, 1.54) is 16.2 Å². The number of likely N-dealkylation sites (tertiary alicyclic amines) is 1. The van der Waals surface area contributed by atoms with E-state index in [0.29, 0.717) is 11.7 Å². The highest BCUT2D eigenvalue weighted by Gasteiger charge is 2.47. The first-order valence-electron chi connectivity index (χ1n) is 10.3. The molecule has 2 atom stereocenters. The second-order valence-electron chi connectivity index (χ2n) is 7.94. The predicted octanol–water partition coefficient (Wildman–Crippen LogP) is 3.11. The molecule has 7 heteroatoms.